The van der Waals surface area contributed by atoms with Crippen LogP contribution >= 0.6 is 0 Å². The van der Waals surface area contributed by atoms with Gasteiger partial charge in [-0.15, -0.1) is 0 Å². The molecule has 0 aliphatic carbocycles. The first-order valence-electron chi connectivity index (χ1n) is 4.81. The van der Waals surface area contributed by atoms with E-state index in [0.717, 1.165) is 12.8 Å². The van der Waals surface area contributed by atoms with Gasteiger partial charge in [-0.1, -0.05) is 13.3 Å². The van der Waals surface area contributed by atoms with Crippen LogP contribution in [0.2, 0.25) is 0 Å². The number of hydrogen-bond donors (Lipinski definition) is 1. The second-order valence-electron chi connectivity index (χ2n) is 3.44. The smallest absolute Gasteiger partial charge is 0.255 e. The minimum absolute atomic E-state index is 0.00934. The van der Waals surface area contributed by atoms with E-state index in [1.165, 1.54) is 4.90 Å². The molecule has 0 bridgehead atoms. The van der Waals surface area contributed by atoms with Crippen molar-refractivity contribution < 1.29 is 14.3 Å². The summed E-state index contributed by atoms with van der Waals surface area (Å²) in [4.78, 5) is 23.7. The number of carbonyl (C=O) groups is 2. The van der Waals surface area contributed by atoms with E-state index in [9.17, 15) is 9.59 Å². The summed E-state index contributed by atoms with van der Waals surface area (Å²) in [7, 11) is 0. The van der Waals surface area contributed by atoms with E-state index >= 15 is 0 Å². The van der Waals surface area contributed by atoms with Gasteiger partial charge < -0.3 is 10.5 Å². The summed E-state index contributed by atoms with van der Waals surface area (Å²) in [5.41, 5.74) is 5.75. The molecular weight excluding hydrogens is 184 g/mol. The van der Waals surface area contributed by atoms with Crippen molar-refractivity contribution in [3.63, 3.8) is 0 Å². The van der Waals surface area contributed by atoms with Crippen molar-refractivity contribution in [1.29, 1.82) is 0 Å². The summed E-state index contributed by atoms with van der Waals surface area (Å²) in [6.07, 6.45) is 1.77. The highest BCUT2D eigenvalue weighted by Gasteiger charge is 2.27. The maximum absolute atomic E-state index is 11.3. The fourth-order valence-electron chi connectivity index (χ4n) is 1.42. The van der Waals surface area contributed by atoms with E-state index in [4.69, 9.17) is 10.5 Å². The number of morpholine rings is 1. The molecule has 1 aliphatic heterocycles. The number of rotatable bonds is 4. The molecule has 0 saturated carbocycles. The minimum Gasteiger partial charge on any atom is -0.362 e. The van der Waals surface area contributed by atoms with Gasteiger partial charge in [-0.25, -0.2) is 0 Å². The molecule has 0 aromatic rings. The molecule has 0 aromatic carbocycles. The largest absolute Gasteiger partial charge is 0.362 e. The van der Waals surface area contributed by atoms with Crippen molar-refractivity contribution in [3.8, 4) is 0 Å². The van der Waals surface area contributed by atoms with Crippen LogP contribution in [0.15, 0.2) is 0 Å². The Morgan fingerprint density at radius 1 is 1.43 bits per heavy atom. The third kappa shape index (κ3) is 2.78. The van der Waals surface area contributed by atoms with Crippen molar-refractivity contribution in [2.45, 2.75) is 25.8 Å². The van der Waals surface area contributed by atoms with E-state index in [1.54, 1.807) is 0 Å². The summed E-state index contributed by atoms with van der Waals surface area (Å²) < 4.78 is 4.78. The van der Waals surface area contributed by atoms with Crippen LogP contribution in [0.1, 0.15) is 19.8 Å². The summed E-state index contributed by atoms with van der Waals surface area (Å²) in [5.74, 6) is -0.569. The van der Waals surface area contributed by atoms with Gasteiger partial charge in [-0.3, -0.25) is 14.5 Å². The SMILES string of the molecule is CCCC(N)CN1C(=O)COCC1=O. The Labute approximate surface area is 83.2 Å². The zero-order valence-electron chi connectivity index (χ0n) is 8.36. The third-order valence-electron chi connectivity index (χ3n) is 2.13. The van der Waals surface area contributed by atoms with Crippen molar-refractivity contribution >= 4 is 11.8 Å². The zero-order valence-corrected chi connectivity index (χ0v) is 8.36. The monoisotopic (exact) mass is 200 g/mol. The van der Waals surface area contributed by atoms with Gasteiger partial charge in [0.15, 0.2) is 0 Å². The summed E-state index contributed by atoms with van der Waals surface area (Å²) >= 11 is 0. The first-order valence-corrected chi connectivity index (χ1v) is 4.81. The van der Waals surface area contributed by atoms with Gasteiger partial charge in [0.1, 0.15) is 13.2 Å². The van der Waals surface area contributed by atoms with Crippen LogP contribution in [0, 0.1) is 0 Å². The average Bonchev–Trinajstić information content (AvgIpc) is 2.12. The number of imide groups is 1. The number of nitrogens with two attached hydrogens (primary N) is 1. The van der Waals surface area contributed by atoms with Crippen LogP contribution in [0.25, 0.3) is 0 Å². The van der Waals surface area contributed by atoms with Crippen molar-refractivity contribution in [2.75, 3.05) is 19.8 Å². The second-order valence-corrected chi connectivity index (χ2v) is 3.44. The summed E-state index contributed by atoms with van der Waals surface area (Å²) in [6.45, 7) is 2.31. The average molecular weight is 200 g/mol. The van der Waals surface area contributed by atoms with Crippen LogP contribution in [0.4, 0.5) is 0 Å². The predicted molar refractivity (Wildman–Crippen MR) is 50.4 cm³/mol. The molecular formula is C9H16N2O3. The van der Waals surface area contributed by atoms with Crippen molar-refractivity contribution in [1.82, 2.24) is 4.90 Å². The lowest BCUT2D eigenvalue weighted by Gasteiger charge is -2.27. The molecule has 5 nitrogen and oxygen atoms in total. The minimum atomic E-state index is -0.284. The zero-order chi connectivity index (χ0) is 10.6. The van der Waals surface area contributed by atoms with Crippen LogP contribution in [-0.2, 0) is 14.3 Å². The fraction of sp³-hybridized carbons (Fsp3) is 0.778. The molecule has 2 amide bonds. The second kappa shape index (κ2) is 5.07. The molecule has 0 aromatic heterocycles. The fourth-order valence-corrected chi connectivity index (χ4v) is 1.42. The molecule has 1 aliphatic rings. The highest BCUT2D eigenvalue weighted by atomic mass is 16.5. The molecule has 80 valence electrons. The summed E-state index contributed by atoms with van der Waals surface area (Å²) in [5, 5.41) is 0. The third-order valence-corrected chi connectivity index (χ3v) is 2.13. The van der Waals surface area contributed by atoms with Crippen molar-refractivity contribution in [3.05, 3.63) is 0 Å². The number of amides is 2. The van der Waals surface area contributed by atoms with Gasteiger partial charge in [0.05, 0.1) is 0 Å². The van der Waals surface area contributed by atoms with Crippen LogP contribution in [0.3, 0.4) is 0 Å². The molecule has 2 N–H and O–H groups in total. The Kier molecular flexibility index (Phi) is 4.03. The molecule has 14 heavy (non-hydrogen) atoms. The maximum Gasteiger partial charge on any atom is 0.255 e. The number of nitrogens with zero attached hydrogens (tertiary/aromatic N) is 1. The van der Waals surface area contributed by atoms with Gasteiger partial charge in [0.25, 0.3) is 11.8 Å². The van der Waals surface area contributed by atoms with Gasteiger partial charge >= 0.3 is 0 Å². The van der Waals surface area contributed by atoms with E-state index < -0.39 is 0 Å². The normalized spacial score (nSPS) is 20.0. The molecule has 5 heteroatoms. The van der Waals surface area contributed by atoms with Gasteiger partial charge in [0.2, 0.25) is 0 Å². The number of carbonyl (C=O) groups excluding carboxylic acids is 2. The molecule has 0 radical (unpaired) electrons. The molecule has 1 unspecified atom stereocenters. The molecule has 1 atom stereocenters. The number of ether oxygens (including phenoxy) is 1. The molecule has 1 saturated heterocycles. The molecule has 0 spiro atoms. The highest BCUT2D eigenvalue weighted by Crippen LogP contribution is 2.04. The predicted octanol–water partition coefficient (Wildman–Crippen LogP) is -0.501. The molecule has 1 heterocycles. The molecule has 1 fully saturated rings. The Morgan fingerprint density at radius 3 is 2.50 bits per heavy atom. The quantitative estimate of drug-likeness (QED) is 0.621. The molecule has 1 rings (SSSR count). The topological polar surface area (TPSA) is 72.6 Å². The summed E-state index contributed by atoms with van der Waals surface area (Å²) in [6, 6.07) is -0.119. The first kappa shape index (κ1) is 11.1. The Balaban J connectivity index is 2.47. The van der Waals surface area contributed by atoms with Crippen LogP contribution in [0.5, 0.6) is 0 Å². The van der Waals surface area contributed by atoms with Gasteiger partial charge in [-0.2, -0.15) is 0 Å². The van der Waals surface area contributed by atoms with E-state index in [0.29, 0.717) is 6.54 Å². The Morgan fingerprint density at radius 2 is 2.00 bits per heavy atom. The van der Waals surface area contributed by atoms with E-state index in [2.05, 4.69) is 0 Å². The van der Waals surface area contributed by atoms with Crippen LogP contribution < -0.4 is 5.73 Å². The number of hydrogen-bond acceptors (Lipinski definition) is 4. The van der Waals surface area contributed by atoms with E-state index in [1.807, 2.05) is 6.92 Å². The maximum atomic E-state index is 11.3. The van der Waals surface area contributed by atoms with Crippen molar-refractivity contribution in [2.24, 2.45) is 5.73 Å². The van der Waals surface area contributed by atoms with E-state index in [-0.39, 0.29) is 31.1 Å². The lowest BCUT2D eigenvalue weighted by atomic mass is 10.1. The standard InChI is InChI=1S/C9H16N2O3/c1-2-3-7(10)4-11-8(12)5-14-6-9(11)13/h7H,2-6,10H2,1H3. The van der Waals surface area contributed by atoms with Gasteiger partial charge in [0, 0.05) is 12.6 Å². The lowest BCUT2D eigenvalue weighted by Crippen LogP contribution is -2.50. The lowest BCUT2D eigenvalue weighted by molar-refractivity contribution is -0.158. The Bertz CT molecular complexity index is 214. The van der Waals surface area contributed by atoms with Gasteiger partial charge in [-0.05, 0) is 6.42 Å². The van der Waals surface area contributed by atoms with Crippen LogP contribution in [-0.4, -0.2) is 42.5 Å². The highest BCUT2D eigenvalue weighted by molar-refractivity contribution is 5.98. The first-order chi connectivity index (χ1) is 6.65. The Hall–Kier alpha value is -0.940.